The van der Waals surface area contributed by atoms with Crippen molar-refractivity contribution in [3.8, 4) is 0 Å². The molecule has 4 rings (SSSR count). The molecule has 0 saturated carbocycles. The Balaban J connectivity index is 1.55. The summed E-state index contributed by atoms with van der Waals surface area (Å²) in [7, 11) is 0. The van der Waals surface area contributed by atoms with Crippen LogP contribution in [-0.4, -0.2) is 0 Å². The largest absolute Gasteiger partial charge is 0.308 e. The van der Waals surface area contributed by atoms with E-state index in [2.05, 4.69) is 104 Å². The average Bonchev–Trinajstić information content (AvgIpc) is 2.75. The first-order chi connectivity index (χ1) is 14.7. The highest BCUT2D eigenvalue weighted by Crippen LogP contribution is 2.52. The minimum Gasteiger partial charge on any atom is -0.308 e. The summed E-state index contributed by atoms with van der Waals surface area (Å²) >= 11 is 9.10. The number of unbranched alkanes of at least 4 members (excludes halogenated alkanes) is 5. The number of hydrogen-bond donors (Lipinski definition) is 0. The van der Waals surface area contributed by atoms with Crippen molar-refractivity contribution >= 4 is 60.7 Å². The van der Waals surface area contributed by atoms with E-state index in [1.807, 2.05) is 11.8 Å². The molecule has 1 nitrogen and oxygen atoms in total. The van der Waals surface area contributed by atoms with Gasteiger partial charge >= 0.3 is 0 Å². The molecule has 0 aromatic heterocycles. The van der Waals surface area contributed by atoms with Crippen LogP contribution < -0.4 is 4.90 Å². The van der Waals surface area contributed by atoms with Gasteiger partial charge in [-0.25, -0.2) is 0 Å². The first-order valence-electron chi connectivity index (χ1n) is 10.8. The third kappa shape index (κ3) is 5.15. The van der Waals surface area contributed by atoms with E-state index in [0.717, 1.165) is 8.95 Å². The topological polar surface area (TPSA) is 3.24 Å². The summed E-state index contributed by atoms with van der Waals surface area (Å²) in [5, 5.41) is 0. The van der Waals surface area contributed by atoms with E-state index in [1.165, 1.54) is 77.4 Å². The lowest BCUT2D eigenvalue weighted by molar-refractivity contribution is 0.607. The highest BCUT2D eigenvalue weighted by atomic mass is 79.9. The predicted molar refractivity (Wildman–Crippen MR) is 138 cm³/mol. The van der Waals surface area contributed by atoms with Crippen LogP contribution in [0.25, 0.3) is 0 Å². The van der Waals surface area contributed by atoms with Gasteiger partial charge in [-0.15, -0.1) is 0 Å². The third-order valence-electron chi connectivity index (χ3n) is 5.56. The Morgan fingerprint density at radius 2 is 1.27 bits per heavy atom. The van der Waals surface area contributed by atoms with Gasteiger partial charge in [0.15, 0.2) is 0 Å². The van der Waals surface area contributed by atoms with Gasteiger partial charge in [-0.3, -0.25) is 0 Å². The predicted octanol–water partition coefficient (Wildman–Crippen LogP) is 10.0. The standard InChI is InChI=1S/C26H27Br2NS/c1-2-3-4-5-6-7-8-19-9-13-22(14-10-19)29-23-15-11-20(27)17-25(23)30-26-18-21(28)12-16-24(26)29/h9-18H,2-8H2,1H3. The number of benzene rings is 3. The van der Waals surface area contributed by atoms with Crippen LogP contribution in [-0.2, 0) is 6.42 Å². The zero-order chi connectivity index (χ0) is 20.9. The second-order valence-electron chi connectivity index (χ2n) is 7.85. The SMILES string of the molecule is CCCCCCCCc1ccc(N2c3ccc(Br)cc3Sc3cc(Br)ccc32)cc1. The molecule has 0 fully saturated rings. The van der Waals surface area contributed by atoms with E-state index >= 15 is 0 Å². The maximum absolute atomic E-state index is 3.63. The Bertz CT molecular complexity index is 949. The summed E-state index contributed by atoms with van der Waals surface area (Å²) in [5.41, 5.74) is 5.13. The number of aryl methyl sites for hydroxylation is 1. The number of hydrogen-bond acceptors (Lipinski definition) is 2. The molecule has 0 aliphatic carbocycles. The molecule has 1 aliphatic rings. The van der Waals surface area contributed by atoms with Gasteiger partial charge in [0.1, 0.15) is 0 Å². The second-order valence-corrected chi connectivity index (χ2v) is 10.8. The van der Waals surface area contributed by atoms with Crippen LogP contribution in [0.15, 0.2) is 79.4 Å². The number of nitrogens with zero attached hydrogens (tertiary/aromatic N) is 1. The molecule has 0 unspecified atom stereocenters. The molecule has 0 spiro atoms. The lowest BCUT2D eigenvalue weighted by Crippen LogP contribution is -2.14. The smallest absolute Gasteiger partial charge is 0.0602 e. The second kappa shape index (κ2) is 10.4. The van der Waals surface area contributed by atoms with Gasteiger partial charge in [-0.1, -0.05) is 94.8 Å². The van der Waals surface area contributed by atoms with Crippen LogP contribution in [0.1, 0.15) is 51.0 Å². The molecule has 3 aromatic rings. The molecule has 3 aromatic carbocycles. The molecule has 0 radical (unpaired) electrons. The molecule has 0 amide bonds. The summed E-state index contributed by atoms with van der Waals surface area (Å²) in [6.45, 7) is 2.27. The van der Waals surface area contributed by atoms with E-state index in [-0.39, 0.29) is 0 Å². The highest BCUT2D eigenvalue weighted by Gasteiger charge is 2.25. The Morgan fingerprint density at radius 3 is 1.87 bits per heavy atom. The molecular weight excluding hydrogens is 518 g/mol. The number of fused-ring (bicyclic) bond motifs is 2. The van der Waals surface area contributed by atoms with Crippen LogP contribution in [0.3, 0.4) is 0 Å². The molecule has 0 bridgehead atoms. The molecule has 0 saturated heterocycles. The maximum atomic E-state index is 3.63. The lowest BCUT2D eigenvalue weighted by Gasteiger charge is -2.33. The van der Waals surface area contributed by atoms with Gasteiger partial charge in [0, 0.05) is 24.4 Å². The Hall–Kier alpha value is -1.23. The van der Waals surface area contributed by atoms with Crippen molar-refractivity contribution in [1.29, 1.82) is 0 Å². The Kier molecular flexibility index (Phi) is 7.61. The molecular formula is C26H27Br2NS. The van der Waals surface area contributed by atoms with E-state index in [1.54, 1.807) is 0 Å². The van der Waals surface area contributed by atoms with E-state index in [0.29, 0.717) is 0 Å². The summed E-state index contributed by atoms with van der Waals surface area (Å²) < 4.78 is 2.22. The van der Waals surface area contributed by atoms with Crippen LogP contribution in [0.2, 0.25) is 0 Å². The Morgan fingerprint density at radius 1 is 0.700 bits per heavy atom. The fourth-order valence-electron chi connectivity index (χ4n) is 3.96. The van der Waals surface area contributed by atoms with Crippen molar-refractivity contribution in [3.05, 3.63) is 75.2 Å². The van der Waals surface area contributed by atoms with Crippen molar-refractivity contribution in [3.63, 3.8) is 0 Å². The fourth-order valence-corrected chi connectivity index (χ4v) is 6.12. The number of anilines is 3. The summed E-state index contributed by atoms with van der Waals surface area (Å²) in [4.78, 5) is 4.92. The van der Waals surface area contributed by atoms with E-state index in [9.17, 15) is 0 Å². The van der Waals surface area contributed by atoms with Crippen LogP contribution in [0.5, 0.6) is 0 Å². The fraction of sp³-hybridized carbons (Fsp3) is 0.308. The molecule has 1 aliphatic heterocycles. The van der Waals surface area contributed by atoms with Gasteiger partial charge < -0.3 is 4.90 Å². The monoisotopic (exact) mass is 543 g/mol. The first-order valence-corrected chi connectivity index (χ1v) is 13.2. The van der Waals surface area contributed by atoms with Gasteiger partial charge in [0.05, 0.1) is 11.4 Å². The van der Waals surface area contributed by atoms with Crippen LogP contribution in [0.4, 0.5) is 17.1 Å². The normalized spacial score (nSPS) is 12.6. The number of halogens is 2. The molecule has 156 valence electrons. The van der Waals surface area contributed by atoms with Gasteiger partial charge in [0.25, 0.3) is 0 Å². The van der Waals surface area contributed by atoms with Crippen molar-refractivity contribution in [2.75, 3.05) is 4.90 Å². The molecule has 0 atom stereocenters. The van der Waals surface area contributed by atoms with Crippen molar-refractivity contribution in [2.45, 2.75) is 61.7 Å². The Labute approximate surface area is 201 Å². The van der Waals surface area contributed by atoms with Crippen LogP contribution >= 0.6 is 43.6 Å². The van der Waals surface area contributed by atoms with Gasteiger partial charge in [-0.2, -0.15) is 0 Å². The van der Waals surface area contributed by atoms with Gasteiger partial charge in [0.2, 0.25) is 0 Å². The minimum atomic E-state index is 1.11. The number of rotatable bonds is 8. The lowest BCUT2D eigenvalue weighted by atomic mass is 10.0. The minimum absolute atomic E-state index is 1.11. The molecule has 1 heterocycles. The zero-order valence-corrected chi connectivity index (χ0v) is 21.3. The quantitative estimate of drug-likeness (QED) is 0.203. The molecule has 30 heavy (non-hydrogen) atoms. The van der Waals surface area contributed by atoms with E-state index < -0.39 is 0 Å². The van der Waals surface area contributed by atoms with Gasteiger partial charge in [-0.05, 0) is 66.9 Å². The molecule has 4 heteroatoms. The summed E-state index contributed by atoms with van der Waals surface area (Å²) in [5.74, 6) is 0. The summed E-state index contributed by atoms with van der Waals surface area (Å²) in [6.07, 6.45) is 9.25. The third-order valence-corrected chi connectivity index (χ3v) is 7.64. The maximum Gasteiger partial charge on any atom is 0.0602 e. The van der Waals surface area contributed by atoms with Crippen molar-refractivity contribution in [1.82, 2.24) is 0 Å². The summed E-state index contributed by atoms with van der Waals surface area (Å²) in [6, 6.07) is 22.3. The van der Waals surface area contributed by atoms with E-state index in [4.69, 9.17) is 0 Å². The van der Waals surface area contributed by atoms with Crippen molar-refractivity contribution in [2.24, 2.45) is 0 Å². The molecule has 0 N–H and O–H groups in total. The van der Waals surface area contributed by atoms with Crippen LogP contribution in [0, 0.1) is 0 Å². The highest BCUT2D eigenvalue weighted by molar-refractivity contribution is 9.10. The average molecular weight is 545 g/mol. The first kappa shape index (κ1) is 22.0. The van der Waals surface area contributed by atoms with Crippen molar-refractivity contribution < 1.29 is 0 Å². The zero-order valence-electron chi connectivity index (χ0n) is 17.3.